The number of allylic oxidation sites excluding steroid dienone is 1. The molecule has 0 unspecified atom stereocenters. The van der Waals surface area contributed by atoms with Gasteiger partial charge < -0.3 is 27.5 Å². The summed E-state index contributed by atoms with van der Waals surface area (Å²) in [5, 5.41) is 9.00. The Balaban J connectivity index is 0.000000149. The van der Waals surface area contributed by atoms with Crippen molar-refractivity contribution in [2.24, 2.45) is 0 Å². The largest absolute Gasteiger partial charge is 0.455 e. The van der Waals surface area contributed by atoms with Gasteiger partial charge in [0.05, 0.1) is 0 Å². The van der Waals surface area contributed by atoms with Gasteiger partial charge in [0.15, 0.2) is 0 Å². The lowest BCUT2D eigenvalue weighted by Crippen LogP contribution is -2.09. The normalized spacial score (nSPS) is 11.5. The van der Waals surface area contributed by atoms with Crippen LogP contribution in [0, 0.1) is 0 Å². The summed E-state index contributed by atoms with van der Waals surface area (Å²) < 4.78 is 25.7. The monoisotopic (exact) mass is 1600 g/mol. The van der Waals surface area contributed by atoms with E-state index >= 15 is 0 Å². The number of anilines is 6. The van der Waals surface area contributed by atoms with Crippen LogP contribution in [-0.4, -0.2) is 0 Å². The molecule has 590 valence electrons. The SMILES string of the molecule is C=C(C)c1ccc(-c2ccc(-c3ccc(N(c4ccc(-c5cccc6c5oc5ccccc56)cc4)c4ccc(-c5cccc6c5oc5ccccc56)cc4)cc3)cc2)cc1.C=Cc1ccc(-c2cc(-c3ccccc3)cc(-c3ccc(N(c4ccc(-c5cccc6c5oc5ccccc56)cc4)c4ccc(-c5cccc6c5oc5ccccc56)cc4)cc3)c2)cc1. The first kappa shape index (κ1) is 74.7. The lowest BCUT2D eigenvalue weighted by molar-refractivity contribution is 0.669. The number of furan rings is 4. The molecule has 19 aromatic carbocycles. The highest BCUT2D eigenvalue weighted by Gasteiger charge is 2.22. The highest BCUT2D eigenvalue weighted by atomic mass is 16.3. The summed E-state index contributed by atoms with van der Waals surface area (Å²) >= 11 is 0. The first-order valence-electron chi connectivity index (χ1n) is 42.3. The fourth-order valence-electron chi connectivity index (χ4n) is 17.9. The van der Waals surface area contributed by atoms with E-state index < -0.39 is 0 Å². The Labute approximate surface area is 724 Å². The van der Waals surface area contributed by atoms with E-state index in [0.29, 0.717) is 0 Å². The van der Waals surface area contributed by atoms with Gasteiger partial charge >= 0.3 is 0 Å². The third-order valence-corrected chi connectivity index (χ3v) is 24.4. The van der Waals surface area contributed by atoms with Crippen LogP contribution in [0.5, 0.6) is 0 Å². The number of hydrogen-bond acceptors (Lipinski definition) is 6. The van der Waals surface area contributed by atoms with Gasteiger partial charge in [-0.05, 0) is 211 Å². The highest BCUT2D eigenvalue weighted by molar-refractivity contribution is 6.13. The van der Waals surface area contributed by atoms with E-state index in [0.717, 1.165) is 205 Å². The van der Waals surface area contributed by atoms with Gasteiger partial charge in [-0.2, -0.15) is 0 Å². The lowest BCUT2D eigenvalue weighted by Gasteiger charge is -2.26. The Morgan fingerprint density at radius 2 is 0.424 bits per heavy atom. The Morgan fingerprint density at radius 1 is 0.208 bits per heavy atom. The minimum absolute atomic E-state index is 0.895. The van der Waals surface area contributed by atoms with E-state index in [1.54, 1.807) is 0 Å². The molecule has 6 nitrogen and oxygen atoms in total. The summed E-state index contributed by atoms with van der Waals surface area (Å²) in [6.45, 7) is 10.1. The maximum atomic E-state index is 6.45. The molecule has 125 heavy (non-hydrogen) atoms. The van der Waals surface area contributed by atoms with Gasteiger partial charge in [-0.15, -0.1) is 0 Å². The Morgan fingerprint density at radius 3 is 0.696 bits per heavy atom. The third kappa shape index (κ3) is 14.1. The number of fused-ring (bicyclic) bond motifs is 12. The van der Waals surface area contributed by atoms with Crippen molar-refractivity contribution in [3.05, 3.63) is 461 Å². The first-order chi connectivity index (χ1) is 61.7. The Hall–Kier alpha value is -16.5. The van der Waals surface area contributed by atoms with Crippen molar-refractivity contribution in [2.75, 3.05) is 9.80 Å². The molecule has 0 bridgehead atoms. The molecule has 0 atom stereocenters. The number of hydrogen-bond donors (Lipinski definition) is 0. The van der Waals surface area contributed by atoms with Crippen LogP contribution in [0.2, 0.25) is 0 Å². The van der Waals surface area contributed by atoms with E-state index in [-0.39, 0.29) is 0 Å². The smallest absolute Gasteiger partial charge is 0.143 e. The second-order valence-corrected chi connectivity index (χ2v) is 32.0. The summed E-state index contributed by atoms with van der Waals surface area (Å²) in [5.74, 6) is 0. The topological polar surface area (TPSA) is 59.0 Å². The van der Waals surface area contributed by atoms with Gasteiger partial charge in [0, 0.05) is 99.5 Å². The van der Waals surface area contributed by atoms with Crippen LogP contribution in [-0.2, 0) is 0 Å². The molecule has 0 N–H and O–H groups in total. The van der Waals surface area contributed by atoms with Crippen LogP contribution < -0.4 is 9.80 Å². The molecule has 0 fully saturated rings. The molecule has 23 rings (SSSR count). The summed E-state index contributed by atoms with van der Waals surface area (Å²) in [6.07, 6.45) is 1.88. The predicted molar refractivity (Wildman–Crippen MR) is 525 cm³/mol. The highest BCUT2D eigenvalue weighted by Crippen LogP contribution is 2.47. The molecule has 4 heterocycles. The fraction of sp³-hybridized carbons (Fsp3) is 0.00840. The molecule has 6 heteroatoms. The van der Waals surface area contributed by atoms with Gasteiger partial charge in [0.1, 0.15) is 44.7 Å². The summed E-state index contributed by atoms with van der Waals surface area (Å²) in [5.41, 5.74) is 37.2. The summed E-state index contributed by atoms with van der Waals surface area (Å²) in [7, 11) is 0. The van der Waals surface area contributed by atoms with E-state index in [2.05, 4.69) is 411 Å². The predicted octanol–water partition coefficient (Wildman–Crippen LogP) is 34.6. The lowest BCUT2D eigenvalue weighted by atomic mass is 9.93. The van der Waals surface area contributed by atoms with Crippen LogP contribution in [0.3, 0.4) is 0 Å². The zero-order valence-electron chi connectivity index (χ0n) is 68.6. The van der Waals surface area contributed by atoms with E-state index in [1.165, 1.54) is 33.4 Å². The average molecular weight is 1600 g/mol. The van der Waals surface area contributed by atoms with Gasteiger partial charge in [0.2, 0.25) is 0 Å². The fourth-order valence-corrected chi connectivity index (χ4v) is 17.9. The van der Waals surface area contributed by atoms with Gasteiger partial charge in [-0.3, -0.25) is 0 Å². The van der Waals surface area contributed by atoms with Crippen molar-refractivity contribution >= 4 is 134 Å². The molecule has 0 aliphatic heterocycles. The van der Waals surface area contributed by atoms with Gasteiger partial charge in [-0.1, -0.05) is 346 Å². The molecule has 0 spiro atoms. The van der Waals surface area contributed by atoms with Crippen LogP contribution >= 0.6 is 0 Å². The summed E-state index contributed by atoms with van der Waals surface area (Å²) in [6, 6.07) is 155. The number of para-hydroxylation sites is 8. The first-order valence-corrected chi connectivity index (χ1v) is 42.3. The van der Waals surface area contributed by atoms with Crippen molar-refractivity contribution < 1.29 is 17.7 Å². The second kappa shape index (κ2) is 31.9. The van der Waals surface area contributed by atoms with Crippen molar-refractivity contribution in [2.45, 2.75) is 6.92 Å². The molecule has 23 aromatic rings. The number of rotatable bonds is 17. The maximum Gasteiger partial charge on any atom is 0.143 e. The zero-order chi connectivity index (χ0) is 83.4. The zero-order valence-corrected chi connectivity index (χ0v) is 68.6. The molecule has 0 radical (unpaired) electrons. The van der Waals surface area contributed by atoms with Crippen LogP contribution in [0.1, 0.15) is 18.1 Å². The number of benzene rings is 19. The Kier molecular flexibility index (Phi) is 19.1. The molecule has 0 aliphatic carbocycles. The third-order valence-electron chi connectivity index (χ3n) is 24.4. The molecule has 4 aromatic heterocycles. The standard InChI is InChI=1S/C62H41NO2.C57H39NO2/c1-2-41-22-24-43(25-23-41)48-38-47(42-12-4-3-5-13-42)39-49(40-48)44-26-32-50(33-27-44)63(51-34-28-45(29-35-51)53-16-10-18-57-55-14-6-8-20-59(55)64-61(53)57)52-36-30-46(31-37-52)54-17-11-19-58-56-15-7-9-21-60(56)65-62(54)58;1-37(2)38-17-19-39(20-18-38)40-21-23-41(24-22-40)42-25-31-45(32-26-42)58(46-33-27-43(28-34-46)48-11-7-13-52-50-9-3-5-15-54(50)59-56(48)52)47-35-29-44(30-36-47)49-12-8-14-53-51-10-4-6-16-55(51)60-57(49)53/h2-40H,1H2;3-36H,1H2,2H3. The van der Waals surface area contributed by atoms with Gasteiger partial charge in [0.25, 0.3) is 0 Å². The second-order valence-electron chi connectivity index (χ2n) is 32.0. The van der Waals surface area contributed by atoms with Crippen LogP contribution in [0.25, 0.3) is 200 Å². The quantitative estimate of drug-likeness (QED) is 0.0905. The molecular formula is C119H80N2O4. The molecular weight excluding hydrogens is 1520 g/mol. The van der Waals surface area contributed by atoms with Crippen molar-refractivity contribution in [1.29, 1.82) is 0 Å². The summed E-state index contributed by atoms with van der Waals surface area (Å²) in [4.78, 5) is 4.65. The molecule has 0 amide bonds. The maximum absolute atomic E-state index is 6.45. The molecule has 0 saturated heterocycles. The van der Waals surface area contributed by atoms with E-state index in [1.807, 2.05) is 61.5 Å². The van der Waals surface area contributed by atoms with E-state index in [4.69, 9.17) is 17.7 Å². The minimum atomic E-state index is 0.895. The average Bonchev–Trinajstić information content (AvgIpc) is 1.60. The van der Waals surface area contributed by atoms with Crippen molar-refractivity contribution in [3.8, 4) is 100 Å². The molecule has 0 saturated carbocycles. The van der Waals surface area contributed by atoms with Gasteiger partial charge in [-0.25, -0.2) is 0 Å². The van der Waals surface area contributed by atoms with Crippen molar-refractivity contribution in [3.63, 3.8) is 0 Å². The van der Waals surface area contributed by atoms with E-state index in [9.17, 15) is 0 Å². The Bertz CT molecular complexity index is 7680. The van der Waals surface area contributed by atoms with Crippen LogP contribution in [0.15, 0.2) is 468 Å². The van der Waals surface area contributed by atoms with Crippen LogP contribution in [0.4, 0.5) is 34.1 Å². The van der Waals surface area contributed by atoms with Crippen molar-refractivity contribution in [1.82, 2.24) is 0 Å². The number of nitrogens with zero attached hydrogens (tertiary/aromatic N) is 2. The minimum Gasteiger partial charge on any atom is -0.455 e. The molecule has 0 aliphatic rings.